The molecule has 2 rings (SSSR count). The zero-order chi connectivity index (χ0) is 14.9. The van der Waals surface area contributed by atoms with Crippen molar-refractivity contribution in [1.82, 2.24) is 10.2 Å². The number of hydrogen-bond acceptors (Lipinski definition) is 3. The van der Waals surface area contributed by atoms with Crippen LogP contribution in [0, 0.1) is 11.8 Å². The molecule has 0 bridgehead atoms. The molecule has 1 heterocycles. The molecule has 0 aromatic carbocycles. The summed E-state index contributed by atoms with van der Waals surface area (Å²) < 4.78 is 10.4. The van der Waals surface area contributed by atoms with Gasteiger partial charge in [0.2, 0.25) is 0 Å². The third-order valence-corrected chi connectivity index (χ3v) is 4.67. The van der Waals surface area contributed by atoms with E-state index in [0.29, 0.717) is 13.2 Å². The Kier molecular flexibility index (Phi) is 10.4. The molecule has 1 saturated carbocycles. The Labute approximate surface area is 152 Å². The standard InChI is InChI=1S/C16H31N3O2.HI/c1-17-16(18-8-5-9-21-11-10-20-2)19-12-14-6-3-4-7-15(14)13-19;/h14-15H,3-13H2,1-2H3,(H,17,18);1H. The number of halogens is 1. The second kappa shape index (κ2) is 11.5. The maximum Gasteiger partial charge on any atom is 0.193 e. The summed E-state index contributed by atoms with van der Waals surface area (Å²) in [5.41, 5.74) is 0. The van der Waals surface area contributed by atoms with Crippen LogP contribution in [0.5, 0.6) is 0 Å². The minimum absolute atomic E-state index is 0. The van der Waals surface area contributed by atoms with Crippen molar-refractivity contribution >= 4 is 29.9 Å². The van der Waals surface area contributed by atoms with E-state index in [0.717, 1.165) is 37.4 Å². The number of nitrogens with one attached hydrogen (secondary N) is 1. The molecule has 130 valence electrons. The van der Waals surface area contributed by atoms with Gasteiger partial charge in [0, 0.05) is 40.4 Å². The zero-order valence-electron chi connectivity index (χ0n) is 14.1. The van der Waals surface area contributed by atoms with Gasteiger partial charge < -0.3 is 19.7 Å². The first kappa shape index (κ1) is 20.0. The topological polar surface area (TPSA) is 46.1 Å². The van der Waals surface area contributed by atoms with Crippen molar-refractivity contribution in [3.8, 4) is 0 Å². The smallest absolute Gasteiger partial charge is 0.193 e. The van der Waals surface area contributed by atoms with Gasteiger partial charge in [-0.2, -0.15) is 0 Å². The molecule has 2 atom stereocenters. The van der Waals surface area contributed by atoms with E-state index in [1.807, 2.05) is 7.05 Å². The zero-order valence-corrected chi connectivity index (χ0v) is 16.4. The van der Waals surface area contributed by atoms with E-state index < -0.39 is 0 Å². The number of methoxy groups -OCH3 is 1. The molecular formula is C16H32IN3O2. The molecule has 2 aliphatic rings. The maximum absolute atomic E-state index is 5.47. The molecule has 1 aliphatic heterocycles. The van der Waals surface area contributed by atoms with E-state index >= 15 is 0 Å². The highest BCUT2D eigenvalue weighted by Crippen LogP contribution is 2.35. The number of aliphatic imine (C=N–C) groups is 1. The lowest BCUT2D eigenvalue weighted by molar-refractivity contribution is 0.0698. The average molecular weight is 425 g/mol. The fourth-order valence-electron chi connectivity index (χ4n) is 3.53. The van der Waals surface area contributed by atoms with Crippen molar-refractivity contribution < 1.29 is 9.47 Å². The van der Waals surface area contributed by atoms with Gasteiger partial charge in [-0.1, -0.05) is 12.8 Å². The minimum Gasteiger partial charge on any atom is -0.382 e. The molecule has 1 aliphatic carbocycles. The molecule has 5 nitrogen and oxygen atoms in total. The molecule has 6 heteroatoms. The largest absolute Gasteiger partial charge is 0.382 e. The highest BCUT2D eigenvalue weighted by atomic mass is 127. The summed E-state index contributed by atoms with van der Waals surface area (Å²) in [4.78, 5) is 6.90. The Morgan fingerprint density at radius 1 is 1.14 bits per heavy atom. The van der Waals surface area contributed by atoms with Crippen LogP contribution in [0.25, 0.3) is 0 Å². The molecular weight excluding hydrogens is 393 g/mol. The third kappa shape index (κ3) is 6.20. The van der Waals surface area contributed by atoms with Gasteiger partial charge in [-0.05, 0) is 31.1 Å². The minimum atomic E-state index is 0. The number of fused-ring (bicyclic) bond motifs is 1. The Morgan fingerprint density at radius 2 is 1.82 bits per heavy atom. The van der Waals surface area contributed by atoms with Crippen molar-refractivity contribution in [2.45, 2.75) is 32.1 Å². The fraction of sp³-hybridized carbons (Fsp3) is 0.938. The van der Waals surface area contributed by atoms with Gasteiger partial charge in [0.1, 0.15) is 0 Å². The number of rotatable bonds is 7. The Bertz CT molecular complexity index is 315. The van der Waals surface area contributed by atoms with E-state index in [-0.39, 0.29) is 24.0 Å². The van der Waals surface area contributed by atoms with Gasteiger partial charge in [0.15, 0.2) is 5.96 Å². The first-order valence-corrected chi connectivity index (χ1v) is 8.37. The molecule has 0 radical (unpaired) electrons. The molecule has 1 N–H and O–H groups in total. The second-order valence-electron chi connectivity index (χ2n) is 6.14. The van der Waals surface area contributed by atoms with Crippen LogP contribution in [0.1, 0.15) is 32.1 Å². The van der Waals surface area contributed by atoms with Gasteiger partial charge in [-0.25, -0.2) is 0 Å². The van der Waals surface area contributed by atoms with Crippen molar-refractivity contribution in [3.63, 3.8) is 0 Å². The van der Waals surface area contributed by atoms with Gasteiger partial charge in [-0.3, -0.25) is 4.99 Å². The molecule has 2 unspecified atom stereocenters. The van der Waals surface area contributed by atoms with Crippen LogP contribution in [0.3, 0.4) is 0 Å². The van der Waals surface area contributed by atoms with E-state index in [4.69, 9.17) is 9.47 Å². The maximum atomic E-state index is 5.47. The highest BCUT2D eigenvalue weighted by molar-refractivity contribution is 14.0. The van der Waals surface area contributed by atoms with Crippen molar-refractivity contribution in [2.75, 3.05) is 53.6 Å². The predicted molar refractivity (Wildman–Crippen MR) is 101 cm³/mol. The van der Waals surface area contributed by atoms with Gasteiger partial charge in [-0.15, -0.1) is 24.0 Å². The molecule has 0 amide bonds. The summed E-state index contributed by atoms with van der Waals surface area (Å²) in [7, 11) is 3.59. The highest BCUT2D eigenvalue weighted by Gasteiger charge is 2.35. The lowest BCUT2D eigenvalue weighted by Crippen LogP contribution is -2.40. The molecule has 22 heavy (non-hydrogen) atoms. The van der Waals surface area contributed by atoms with Crippen LogP contribution in [0.2, 0.25) is 0 Å². The normalized spacial score (nSPS) is 24.8. The van der Waals surface area contributed by atoms with Crippen molar-refractivity contribution in [3.05, 3.63) is 0 Å². The molecule has 0 aromatic rings. The van der Waals surface area contributed by atoms with Gasteiger partial charge in [0.05, 0.1) is 13.2 Å². The number of ether oxygens (including phenoxy) is 2. The first-order chi connectivity index (χ1) is 10.3. The van der Waals surface area contributed by atoms with Crippen LogP contribution in [-0.2, 0) is 9.47 Å². The number of hydrogen-bond donors (Lipinski definition) is 1. The lowest BCUT2D eigenvalue weighted by atomic mass is 9.82. The molecule has 1 saturated heterocycles. The van der Waals surface area contributed by atoms with Crippen LogP contribution in [0.15, 0.2) is 4.99 Å². The van der Waals surface area contributed by atoms with Crippen LogP contribution in [-0.4, -0.2) is 64.5 Å². The molecule has 0 aromatic heterocycles. The molecule has 2 fully saturated rings. The third-order valence-electron chi connectivity index (χ3n) is 4.67. The van der Waals surface area contributed by atoms with Gasteiger partial charge in [0.25, 0.3) is 0 Å². The fourth-order valence-corrected chi connectivity index (χ4v) is 3.53. The summed E-state index contributed by atoms with van der Waals surface area (Å²) in [5.74, 6) is 2.87. The Hall–Kier alpha value is -0.0800. The summed E-state index contributed by atoms with van der Waals surface area (Å²) >= 11 is 0. The SMILES string of the molecule is CN=C(NCCCOCCOC)N1CC2CCCCC2C1.I. The van der Waals surface area contributed by atoms with E-state index in [1.165, 1.54) is 38.8 Å². The van der Waals surface area contributed by atoms with E-state index in [9.17, 15) is 0 Å². The van der Waals surface area contributed by atoms with Crippen molar-refractivity contribution in [2.24, 2.45) is 16.8 Å². The predicted octanol–water partition coefficient (Wildman–Crippen LogP) is 2.35. The molecule has 0 spiro atoms. The van der Waals surface area contributed by atoms with Crippen molar-refractivity contribution in [1.29, 1.82) is 0 Å². The number of nitrogens with zero attached hydrogens (tertiary/aromatic N) is 2. The Morgan fingerprint density at radius 3 is 2.41 bits per heavy atom. The van der Waals surface area contributed by atoms with Crippen LogP contribution >= 0.6 is 24.0 Å². The second-order valence-corrected chi connectivity index (χ2v) is 6.14. The average Bonchev–Trinajstić information content (AvgIpc) is 2.94. The lowest BCUT2D eigenvalue weighted by Gasteiger charge is -2.22. The van der Waals surface area contributed by atoms with Gasteiger partial charge >= 0.3 is 0 Å². The Balaban J connectivity index is 0.00000242. The van der Waals surface area contributed by atoms with Crippen LogP contribution in [0.4, 0.5) is 0 Å². The van der Waals surface area contributed by atoms with E-state index in [2.05, 4.69) is 15.2 Å². The summed E-state index contributed by atoms with van der Waals surface area (Å²) in [6.45, 7) is 5.43. The van der Waals surface area contributed by atoms with Crippen LogP contribution < -0.4 is 5.32 Å². The number of guanidine groups is 1. The summed E-state index contributed by atoms with van der Waals surface area (Å²) in [6.07, 6.45) is 6.65. The quantitative estimate of drug-likeness (QED) is 0.295. The number of likely N-dealkylation sites (tertiary alicyclic amines) is 1. The monoisotopic (exact) mass is 425 g/mol. The summed E-state index contributed by atoms with van der Waals surface area (Å²) in [5, 5.41) is 3.48. The van der Waals surface area contributed by atoms with E-state index in [1.54, 1.807) is 7.11 Å². The summed E-state index contributed by atoms with van der Waals surface area (Å²) in [6, 6.07) is 0. The first-order valence-electron chi connectivity index (χ1n) is 8.37.